The molecule has 88 valence electrons. The van der Waals surface area contributed by atoms with Gasteiger partial charge in [-0.25, -0.2) is 0 Å². The minimum Gasteiger partial charge on any atom is -0.504 e. The van der Waals surface area contributed by atoms with Crippen molar-refractivity contribution in [3.8, 4) is 11.5 Å². The first kappa shape index (κ1) is 11.2. The molecule has 0 unspecified atom stereocenters. The van der Waals surface area contributed by atoms with Crippen LogP contribution in [0.1, 0.15) is 24.8 Å². The zero-order chi connectivity index (χ0) is 11.6. The number of nitrogens with one attached hydrogen (secondary N) is 1. The van der Waals surface area contributed by atoms with E-state index in [9.17, 15) is 10.2 Å². The first-order chi connectivity index (χ1) is 7.59. The van der Waals surface area contributed by atoms with Gasteiger partial charge in [0.2, 0.25) is 0 Å². The average molecular weight is 223 g/mol. The highest BCUT2D eigenvalue weighted by atomic mass is 16.3. The number of phenols is 2. The van der Waals surface area contributed by atoms with E-state index in [2.05, 4.69) is 5.32 Å². The number of hydrogen-bond donors (Lipinski definition) is 4. The summed E-state index contributed by atoms with van der Waals surface area (Å²) in [6, 6.07) is 4.73. The van der Waals surface area contributed by atoms with Crippen LogP contribution in [0, 0.1) is 0 Å². The lowest BCUT2D eigenvalue weighted by atomic mass is 9.80. The van der Waals surface area contributed by atoms with Gasteiger partial charge in [-0.3, -0.25) is 0 Å². The largest absolute Gasteiger partial charge is 0.504 e. The summed E-state index contributed by atoms with van der Waals surface area (Å²) in [6.07, 6.45) is 2.82. The molecular weight excluding hydrogens is 206 g/mol. The van der Waals surface area contributed by atoms with E-state index in [-0.39, 0.29) is 11.5 Å². The molecule has 0 heterocycles. The Morgan fingerprint density at radius 3 is 2.50 bits per heavy atom. The van der Waals surface area contributed by atoms with Gasteiger partial charge >= 0.3 is 0 Å². The summed E-state index contributed by atoms with van der Waals surface area (Å²) in [5.74, 6) is -0.219. The molecule has 1 saturated carbocycles. The number of phenolic OH excluding ortho intramolecular Hbond substituents is 2. The molecule has 0 aromatic heterocycles. The van der Waals surface area contributed by atoms with Gasteiger partial charge in [0.05, 0.1) is 5.60 Å². The van der Waals surface area contributed by atoms with Crippen molar-refractivity contribution in [1.29, 1.82) is 0 Å². The predicted octanol–water partition coefficient (Wildman–Crippen LogP) is 1.10. The second-order valence-electron chi connectivity index (χ2n) is 4.50. The summed E-state index contributed by atoms with van der Waals surface area (Å²) in [5.41, 5.74) is 0.358. The molecule has 16 heavy (non-hydrogen) atoms. The lowest BCUT2D eigenvalue weighted by Gasteiger charge is -2.36. The Morgan fingerprint density at radius 2 is 1.94 bits per heavy atom. The molecule has 4 heteroatoms. The molecule has 1 aromatic carbocycles. The molecule has 1 aromatic rings. The predicted molar refractivity (Wildman–Crippen MR) is 60.3 cm³/mol. The van der Waals surface area contributed by atoms with Gasteiger partial charge in [-0.1, -0.05) is 6.07 Å². The van der Waals surface area contributed by atoms with Crippen LogP contribution in [0.4, 0.5) is 0 Å². The van der Waals surface area contributed by atoms with Gasteiger partial charge in [-0.15, -0.1) is 0 Å². The number of aliphatic hydroxyl groups is 1. The van der Waals surface area contributed by atoms with Crippen LogP contribution in [0.25, 0.3) is 0 Å². The molecule has 1 aliphatic rings. The van der Waals surface area contributed by atoms with E-state index in [0.717, 1.165) is 24.8 Å². The molecule has 0 bridgehead atoms. The quantitative estimate of drug-likeness (QED) is 0.577. The van der Waals surface area contributed by atoms with Crippen molar-refractivity contribution >= 4 is 0 Å². The molecule has 0 spiro atoms. The summed E-state index contributed by atoms with van der Waals surface area (Å²) < 4.78 is 0. The third-order valence-electron chi connectivity index (χ3n) is 3.11. The zero-order valence-electron chi connectivity index (χ0n) is 9.11. The molecule has 0 aliphatic heterocycles. The van der Waals surface area contributed by atoms with Crippen LogP contribution in [0.3, 0.4) is 0 Å². The van der Waals surface area contributed by atoms with Gasteiger partial charge in [-0.2, -0.15) is 0 Å². The Hall–Kier alpha value is -1.26. The Bertz CT molecular complexity index is 375. The molecule has 1 aliphatic carbocycles. The van der Waals surface area contributed by atoms with Crippen LogP contribution in [-0.4, -0.2) is 27.5 Å². The maximum atomic E-state index is 9.83. The summed E-state index contributed by atoms with van der Waals surface area (Å²) in [4.78, 5) is 0. The van der Waals surface area contributed by atoms with Gasteiger partial charge < -0.3 is 20.6 Å². The Balaban J connectivity index is 1.83. The molecular formula is C12H17NO3. The standard InChI is InChI=1S/C12H17NO3/c14-10-3-2-9(6-11(10)15)7-13-8-12(16)4-1-5-12/h2-3,6,13-16H,1,4-5,7-8H2. The van der Waals surface area contributed by atoms with Crippen LogP contribution in [0.15, 0.2) is 18.2 Å². The van der Waals surface area contributed by atoms with Crippen molar-refractivity contribution in [3.63, 3.8) is 0 Å². The van der Waals surface area contributed by atoms with Crippen LogP contribution >= 0.6 is 0 Å². The van der Waals surface area contributed by atoms with E-state index in [4.69, 9.17) is 5.11 Å². The van der Waals surface area contributed by atoms with Crippen LogP contribution in [-0.2, 0) is 6.54 Å². The van der Waals surface area contributed by atoms with E-state index in [1.165, 1.54) is 12.1 Å². The first-order valence-electron chi connectivity index (χ1n) is 5.53. The molecule has 1 fully saturated rings. The van der Waals surface area contributed by atoms with Crippen molar-refractivity contribution in [1.82, 2.24) is 5.32 Å². The van der Waals surface area contributed by atoms with Gasteiger partial charge in [-0.05, 0) is 37.0 Å². The maximum Gasteiger partial charge on any atom is 0.157 e. The topological polar surface area (TPSA) is 72.7 Å². The van der Waals surface area contributed by atoms with E-state index >= 15 is 0 Å². The summed E-state index contributed by atoms with van der Waals surface area (Å²) in [5, 5.41) is 31.4. The van der Waals surface area contributed by atoms with Crippen molar-refractivity contribution in [3.05, 3.63) is 23.8 Å². The lowest BCUT2D eigenvalue weighted by molar-refractivity contribution is -0.0314. The third-order valence-corrected chi connectivity index (χ3v) is 3.11. The van der Waals surface area contributed by atoms with Crippen LogP contribution in [0.2, 0.25) is 0 Å². The van der Waals surface area contributed by atoms with Crippen molar-refractivity contribution in [2.75, 3.05) is 6.54 Å². The highest BCUT2D eigenvalue weighted by Gasteiger charge is 2.33. The molecule has 2 rings (SSSR count). The molecule has 0 atom stereocenters. The molecule has 4 nitrogen and oxygen atoms in total. The second-order valence-corrected chi connectivity index (χ2v) is 4.50. The van der Waals surface area contributed by atoms with Crippen molar-refractivity contribution in [2.24, 2.45) is 0 Å². The van der Waals surface area contributed by atoms with Gasteiger partial charge in [0, 0.05) is 13.1 Å². The van der Waals surface area contributed by atoms with E-state index in [0.29, 0.717) is 13.1 Å². The molecule has 0 saturated heterocycles. The van der Waals surface area contributed by atoms with E-state index in [1.54, 1.807) is 6.07 Å². The van der Waals surface area contributed by atoms with E-state index in [1.807, 2.05) is 0 Å². The number of rotatable bonds is 4. The normalized spacial score (nSPS) is 18.1. The minimum atomic E-state index is -0.529. The fourth-order valence-electron chi connectivity index (χ4n) is 1.88. The first-order valence-corrected chi connectivity index (χ1v) is 5.53. The second kappa shape index (κ2) is 4.31. The Labute approximate surface area is 94.5 Å². The number of aromatic hydroxyl groups is 2. The van der Waals surface area contributed by atoms with Crippen LogP contribution < -0.4 is 5.32 Å². The highest BCUT2D eigenvalue weighted by molar-refractivity contribution is 5.40. The summed E-state index contributed by atoms with van der Waals surface area (Å²) in [6.45, 7) is 1.16. The number of hydrogen-bond acceptors (Lipinski definition) is 4. The van der Waals surface area contributed by atoms with Crippen molar-refractivity contribution in [2.45, 2.75) is 31.4 Å². The van der Waals surface area contributed by atoms with Crippen molar-refractivity contribution < 1.29 is 15.3 Å². The average Bonchev–Trinajstić information content (AvgIpc) is 2.21. The van der Waals surface area contributed by atoms with Gasteiger partial charge in [0.15, 0.2) is 11.5 Å². The van der Waals surface area contributed by atoms with Crippen LogP contribution in [0.5, 0.6) is 11.5 Å². The zero-order valence-corrected chi connectivity index (χ0v) is 9.11. The monoisotopic (exact) mass is 223 g/mol. The van der Waals surface area contributed by atoms with Gasteiger partial charge in [0.1, 0.15) is 0 Å². The minimum absolute atomic E-state index is 0.110. The molecule has 0 radical (unpaired) electrons. The lowest BCUT2D eigenvalue weighted by Crippen LogP contribution is -2.45. The highest BCUT2D eigenvalue weighted by Crippen LogP contribution is 2.30. The smallest absolute Gasteiger partial charge is 0.157 e. The molecule has 4 N–H and O–H groups in total. The summed E-state index contributed by atoms with van der Waals surface area (Å²) in [7, 11) is 0. The summed E-state index contributed by atoms with van der Waals surface area (Å²) >= 11 is 0. The fourth-order valence-corrected chi connectivity index (χ4v) is 1.88. The van der Waals surface area contributed by atoms with Gasteiger partial charge in [0.25, 0.3) is 0 Å². The fraction of sp³-hybridized carbons (Fsp3) is 0.500. The maximum absolute atomic E-state index is 9.83. The Kier molecular flexibility index (Phi) is 3.03. The Morgan fingerprint density at radius 1 is 1.19 bits per heavy atom. The van der Waals surface area contributed by atoms with E-state index < -0.39 is 5.60 Å². The molecule has 0 amide bonds. The number of benzene rings is 1. The SMILES string of the molecule is Oc1ccc(CNCC2(O)CCC2)cc1O. The third kappa shape index (κ3) is 2.46.